The summed E-state index contributed by atoms with van der Waals surface area (Å²) in [5.41, 5.74) is 1.72. The van der Waals surface area contributed by atoms with Gasteiger partial charge >= 0.3 is 0 Å². The molecule has 6 nitrogen and oxygen atoms in total. The molecule has 22 heavy (non-hydrogen) atoms. The Morgan fingerprint density at radius 3 is 2.73 bits per heavy atom. The Labute approximate surface area is 130 Å². The van der Waals surface area contributed by atoms with Crippen LogP contribution in [0.5, 0.6) is 0 Å². The van der Waals surface area contributed by atoms with Gasteiger partial charge < -0.3 is 14.7 Å². The van der Waals surface area contributed by atoms with Crippen molar-refractivity contribution < 1.29 is 14.1 Å². The van der Waals surface area contributed by atoms with Crippen molar-refractivity contribution in [2.24, 2.45) is 5.92 Å². The Bertz CT molecular complexity index is 556. The van der Waals surface area contributed by atoms with Crippen LogP contribution in [0.15, 0.2) is 4.52 Å². The van der Waals surface area contributed by atoms with E-state index < -0.39 is 0 Å². The van der Waals surface area contributed by atoms with Crippen molar-refractivity contribution in [2.45, 2.75) is 58.5 Å². The molecule has 1 aliphatic carbocycles. The van der Waals surface area contributed by atoms with Crippen molar-refractivity contribution in [3.63, 3.8) is 0 Å². The summed E-state index contributed by atoms with van der Waals surface area (Å²) in [7, 11) is 0. The SMILES string of the molecule is Cc1noc(C)c1CNC(=O)C1CC(=O)N(C2CCCC2)C1. The minimum absolute atomic E-state index is 0.0474. The maximum Gasteiger partial charge on any atom is 0.225 e. The highest BCUT2D eigenvalue weighted by molar-refractivity contribution is 5.89. The fourth-order valence-electron chi connectivity index (χ4n) is 3.55. The predicted molar refractivity (Wildman–Crippen MR) is 79.9 cm³/mol. The molecular weight excluding hydrogens is 282 g/mol. The first-order valence-electron chi connectivity index (χ1n) is 8.05. The molecule has 1 N–H and O–H groups in total. The van der Waals surface area contributed by atoms with Gasteiger partial charge in [-0.05, 0) is 26.7 Å². The summed E-state index contributed by atoms with van der Waals surface area (Å²) in [4.78, 5) is 26.4. The standard InChI is InChI=1S/C16H23N3O3/c1-10-14(11(2)22-18-10)8-17-16(21)12-7-15(20)19(9-12)13-5-3-4-6-13/h12-13H,3-9H2,1-2H3,(H,17,21). The number of nitrogens with one attached hydrogen (secondary N) is 1. The molecular formula is C16H23N3O3. The third-order valence-corrected chi connectivity index (χ3v) is 4.92. The molecule has 0 radical (unpaired) electrons. The fraction of sp³-hybridized carbons (Fsp3) is 0.688. The van der Waals surface area contributed by atoms with E-state index in [9.17, 15) is 9.59 Å². The van der Waals surface area contributed by atoms with Gasteiger partial charge in [0.25, 0.3) is 0 Å². The second-order valence-corrected chi connectivity index (χ2v) is 6.41. The van der Waals surface area contributed by atoms with Gasteiger partial charge in [0.1, 0.15) is 5.76 Å². The fourth-order valence-corrected chi connectivity index (χ4v) is 3.55. The third kappa shape index (κ3) is 2.87. The largest absolute Gasteiger partial charge is 0.361 e. The highest BCUT2D eigenvalue weighted by Crippen LogP contribution is 2.29. The number of rotatable bonds is 4. The van der Waals surface area contributed by atoms with E-state index in [2.05, 4.69) is 10.5 Å². The number of carbonyl (C=O) groups is 2. The van der Waals surface area contributed by atoms with Crippen LogP contribution in [0.25, 0.3) is 0 Å². The second-order valence-electron chi connectivity index (χ2n) is 6.41. The predicted octanol–water partition coefficient (Wildman–Crippen LogP) is 1.70. The number of carbonyl (C=O) groups excluding carboxylic acids is 2. The lowest BCUT2D eigenvalue weighted by Crippen LogP contribution is -2.36. The van der Waals surface area contributed by atoms with Crippen LogP contribution in [0.4, 0.5) is 0 Å². The van der Waals surface area contributed by atoms with E-state index >= 15 is 0 Å². The molecule has 1 aliphatic heterocycles. The van der Waals surface area contributed by atoms with Gasteiger partial charge in [0.15, 0.2) is 0 Å². The van der Waals surface area contributed by atoms with E-state index in [1.807, 2.05) is 18.7 Å². The average molecular weight is 305 g/mol. The highest BCUT2D eigenvalue weighted by Gasteiger charge is 2.38. The number of amides is 2. The smallest absolute Gasteiger partial charge is 0.225 e. The number of aromatic nitrogens is 1. The molecule has 1 aromatic rings. The molecule has 2 fully saturated rings. The zero-order chi connectivity index (χ0) is 15.7. The van der Waals surface area contributed by atoms with E-state index in [4.69, 9.17) is 4.52 Å². The molecule has 6 heteroatoms. The molecule has 1 atom stereocenters. The van der Waals surface area contributed by atoms with Crippen molar-refractivity contribution in [3.8, 4) is 0 Å². The quantitative estimate of drug-likeness (QED) is 0.918. The Morgan fingerprint density at radius 2 is 2.09 bits per heavy atom. The molecule has 0 bridgehead atoms. The maximum atomic E-state index is 12.3. The number of likely N-dealkylation sites (tertiary alicyclic amines) is 1. The summed E-state index contributed by atoms with van der Waals surface area (Å²) < 4.78 is 5.09. The lowest BCUT2D eigenvalue weighted by atomic mass is 10.1. The molecule has 2 amide bonds. The summed E-state index contributed by atoms with van der Waals surface area (Å²) >= 11 is 0. The number of aryl methyl sites for hydroxylation is 2. The Balaban J connectivity index is 1.56. The molecule has 3 rings (SSSR count). The van der Waals surface area contributed by atoms with Gasteiger partial charge in [-0.25, -0.2) is 0 Å². The van der Waals surface area contributed by atoms with Gasteiger partial charge in [0, 0.05) is 31.1 Å². The molecule has 120 valence electrons. The molecule has 1 saturated carbocycles. The molecule has 1 aromatic heterocycles. The number of hydrogen-bond acceptors (Lipinski definition) is 4. The zero-order valence-corrected chi connectivity index (χ0v) is 13.2. The topological polar surface area (TPSA) is 75.4 Å². The molecule has 1 saturated heterocycles. The lowest BCUT2D eigenvalue weighted by Gasteiger charge is -2.23. The van der Waals surface area contributed by atoms with Crippen LogP contribution in [-0.4, -0.2) is 34.5 Å². The van der Waals surface area contributed by atoms with Gasteiger partial charge in [-0.2, -0.15) is 0 Å². The van der Waals surface area contributed by atoms with Crippen LogP contribution in [0.1, 0.15) is 49.1 Å². The van der Waals surface area contributed by atoms with Crippen LogP contribution < -0.4 is 5.32 Å². The highest BCUT2D eigenvalue weighted by atomic mass is 16.5. The van der Waals surface area contributed by atoms with Crippen molar-refractivity contribution in [3.05, 3.63) is 17.0 Å². The first kappa shape index (κ1) is 15.1. The van der Waals surface area contributed by atoms with E-state index in [-0.39, 0.29) is 17.7 Å². The van der Waals surface area contributed by atoms with E-state index in [0.717, 1.165) is 29.9 Å². The lowest BCUT2D eigenvalue weighted by molar-refractivity contribution is -0.130. The normalized spacial score (nSPS) is 22.5. The van der Waals surface area contributed by atoms with Gasteiger partial charge in [0.05, 0.1) is 11.6 Å². The summed E-state index contributed by atoms with van der Waals surface area (Å²) in [6, 6.07) is 0.355. The van der Waals surface area contributed by atoms with Gasteiger partial charge in [-0.3, -0.25) is 9.59 Å². The van der Waals surface area contributed by atoms with E-state index in [0.29, 0.717) is 25.6 Å². The maximum absolute atomic E-state index is 12.3. The third-order valence-electron chi connectivity index (χ3n) is 4.92. The van der Waals surface area contributed by atoms with Crippen molar-refractivity contribution in [1.82, 2.24) is 15.4 Å². The summed E-state index contributed by atoms with van der Waals surface area (Å²) in [6.45, 7) is 4.67. The Hall–Kier alpha value is -1.85. The van der Waals surface area contributed by atoms with E-state index in [1.165, 1.54) is 12.8 Å². The first-order chi connectivity index (χ1) is 10.6. The summed E-state index contributed by atoms with van der Waals surface area (Å²) in [5.74, 6) is 0.583. The van der Waals surface area contributed by atoms with Crippen molar-refractivity contribution >= 4 is 11.8 Å². The number of hydrogen-bond donors (Lipinski definition) is 1. The molecule has 0 aromatic carbocycles. The minimum Gasteiger partial charge on any atom is -0.361 e. The van der Waals surface area contributed by atoms with Gasteiger partial charge in [-0.1, -0.05) is 18.0 Å². The molecule has 2 aliphatic rings. The average Bonchev–Trinajstić information content (AvgIpc) is 3.19. The summed E-state index contributed by atoms with van der Waals surface area (Å²) in [5, 5.41) is 6.80. The molecule has 2 heterocycles. The van der Waals surface area contributed by atoms with Crippen LogP contribution in [0, 0.1) is 19.8 Å². The minimum atomic E-state index is -0.228. The van der Waals surface area contributed by atoms with E-state index in [1.54, 1.807) is 0 Å². The number of nitrogens with zero attached hydrogens (tertiary/aromatic N) is 2. The zero-order valence-electron chi connectivity index (χ0n) is 13.2. The summed E-state index contributed by atoms with van der Waals surface area (Å²) in [6.07, 6.45) is 4.89. The van der Waals surface area contributed by atoms with Crippen molar-refractivity contribution in [1.29, 1.82) is 0 Å². The van der Waals surface area contributed by atoms with Crippen LogP contribution in [0.3, 0.4) is 0 Å². The Morgan fingerprint density at radius 1 is 1.36 bits per heavy atom. The first-order valence-corrected chi connectivity index (χ1v) is 8.05. The monoisotopic (exact) mass is 305 g/mol. The van der Waals surface area contributed by atoms with Crippen LogP contribution in [-0.2, 0) is 16.1 Å². The molecule has 1 unspecified atom stereocenters. The molecule has 0 spiro atoms. The van der Waals surface area contributed by atoms with Crippen molar-refractivity contribution in [2.75, 3.05) is 6.54 Å². The Kier molecular flexibility index (Phi) is 4.18. The van der Waals surface area contributed by atoms with Crippen LogP contribution in [0.2, 0.25) is 0 Å². The second kappa shape index (κ2) is 6.10. The van der Waals surface area contributed by atoms with Gasteiger partial charge in [-0.15, -0.1) is 0 Å². The van der Waals surface area contributed by atoms with Crippen LogP contribution >= 0.6 is 0 Å². The van der Waals surface area contributed by atoms with Gasteiger partial charge in [0.2, 0.25) is 11.8 Å².